The van der Waals surface area contributed by atoms with Gasteiger partial charge in [0.15, 0.2) is 5.13 Å². The van der Waals surface area contributed by atoms with Crippen molar-refractivity contribution in [1.29, 1.82) is 0 Å². The highest BCUT2D eigenvalue weighted by molar-refractivity contribution is 7.17. The Morgan fingerprint density at radius 1 is 1.44 bits per heavy atom. The molecule has 2 rings (SSSR count). The van der Waals surface area contributed by atoms with Gasteiger partial charge in [0.05, 0.1) is 0 Å². The first-order valence-electron chi connectivity index (χ1n) is 4.90. The van der Waals surface area contributed by atoms with E-state index in [1.54, 1.807) is 7.05 Å². The number of carbonyl (C=O) groups is 1. The van der Waals surface area contributed by atoms with Crippen LogP contribution in [0.1, 0.15) is 9.67 Å². The van der Waals surface area contributed by atoms with Crippen LogP contribution in [0, 0.1) is 11.6 Å². The molecule has 0 spiro atoms. The van der Waals surface area contributed by atoms with Gasteiger partial charge < -0.3 is 10.4 Å². The summed E-state index contributed by atoms with van der Waals surface area (Å²) in [5.41, 5.74) is -0.237. The quantitative estimate of drug-likeness (QED) is 0.900. The predicted molar refractivity (Wildman–Crippen MR) is 64.0 cm³/mol. The molecule has 2 N–H and O–H groups in total. The molecule has 0 radical (unpaired) electrons. The zero-order valence-electron chi connectivity index (χ0n) is 9.20. The summed E-state index contributed by atoms with van der Waals surface area (Å²) >= 11 is 0.866. The van der Waals surface area contributed by atoms with Crippen molar-refractivity contribution in [3.05, 3.63) is 34.7 Å². The van der Waals surface area contributed by atoms with Crippen LogP contribution in [0.5, 0.6) is 0 Å². The van der Waals surface area contributed by atoms with E-state index in [0.29, 0.717) is 5.13 Å². The summed E-state index contributed by atoms with van der Waals surface area (Å²) in [7, 11) is 1.57. The zero-order valence-corrected chi connectivity index (χ0v) is 10.0. The zero-order chi connectivity index (χ0) is 13.3. The molecule has 0 unspecified atom stereocenters. The highest BCUT2D eigenvalue weighted by atomic mass is 32.1. The average Bonchev–Trinajstić information content (AvgIpc) is 2.76. The van der Waals surface area contributed by atoms with Gasteiger partial charge in [-0.15, -0.1) is 0 Å². The summed E-state index contributed by atoms with van der Waals surface area (Å²) in [5.74, 6) is -2.60. The lowest BCUT2D eigenvalue weighted by molar-refractivity contribution is 0.0702. The van der Waals surface area contributed by atoms with E-state index in [1.807, 2.05) is 0 Å². The lowest BCUT2D eigenvalue weighted by Crippen LogP contribution is -1.97. The molecule has 0 aliphatic rings. The fraction of sp³-hybridized carbons (Fsp3) is 0.0909. The summed E-state index contributed by atoms with van der Waals surface area (Å²) < 4.78 is 26.7. The van der Waals surface area contributed by atoms with Gasteiger partial charge in [0.2, 0.25) is 0 Å². The molecule has 0 atom stereocenters. The Hall–Kier alpha value is -2.02. The number of nitrogens with one attached hydrogen (secondary N) is 1. The third-order valence-corrected chi connectivity index (χ3v) is 3.28. The van der Waals surface area contributed by atoms with Crippen LogP contribution in [-0.4, -0.2) is 23.1 Å². The molecule has 0 aliphatic carbocycles. The van der Waals surface area contributed by atoms with E-state index in [9.17, 15) is 13.6 Å². The minimum absolute atomic E-state index is 0.0751. The van der Waals surface area contributed by atoms with Crippen molar-refractivity contribution in [3.63, 3.8) is 0 Å². The van der Waals surface area contributed by atoms with Crippen LogP contribution in [-0.2, 0) is 0 Å². The number of carboxylic acid groups (broad SMARTS) is 1. The Balaban J connectivity index is 2.65. The first-order valence-corrected chi connectivity index (χ1v) is 5.72. The van der Waals surface area contributed by atoms with Crippen LogP contribution in [0.25, 0.3) is 11.3 Å². The van der Waals surface area contributed by atoms with E-state index < -0.39 is 17.6 Å². The number of aromatic carboxylic acids is 1. The molecular formula is C11H8F2N2O2S. The van der Waals surface area contributed by atoms with Gasteiger partial charge >= 0.3 is 5.97 Å². The maximum absolute atomic E-state index is 13.6. The molecule has 2 aromatic rings. The molecule has 18 heavy (non-hydrogen) atoms. The highest BCUT2D eigenvalue weighted by Gasteiger charge is 2.21. The molecule has 7 heteroatoms. The molecular weight excluding hydrogens is 262 g/mol. The topological polar surface area (TPSA) is 62.2 Å². The molecule has 0 amide bonds. The molecule has 1 heterocycles. The van der Waals surface area contributed by atoms with Gasteiger partial charge in [-0.1, -0.05) is 11.3 Å². The molecule has 0 saturated carbocycles. The van der Waals surface area contributed by atoms with E-state index in [4.69, 9.17) is 5.11 Å². The summed E-state index contributed by atoms with van der Waals surface area (Å²) in [4.78, 5) is 14.9. The number of carboxylic acids is 1. The minimum Gasteiger partial charge on any atom is -0.477 e. The molecule has 4 nitrogen and oxygen atoms in total. The number of rotatable bonds is 3. The summed E-state index contributed by atoms with van der Waals surface area (Å²) in [6.07, 6.45) is 0. The summed E-state index contributed by atoms with van der Waals surface area (Å²) in [5, 5.41) is 12.0. The average molecular weight is 270 g/mol. The Morgan fingerprint density at radius 3 is 2.78 bits per heavy atom. The van der Waals surface area contributed by atoms with Crippen LogP contribution < -0.4 is 5.32 Å². The van der Waals surface area contributed by atoms with Gasteiger partial charge in [-0.05, 0) is 18.2 Å². The van der Waals surface area contributed by atoms with Gasteiger partial charge in [0.25, 0.3) is 0 Å². The van der Waals surface area contributed by atoms with Gasteiger partial charge in [-0.3, -0.25) is 0 Å². The lowest BCUT2D eigenvalue weighted by atomic mass is 10.1. The number of nitrogens with zero attached hydrogens (tertiary/aromatic N) is 1. The second kappa shape index (κ2) is 4.69. The lowest BCUT2D eigenvalue weighted by Gasteiger charge is -2.01. The van der Waals surface area contributed by atoms with Gasteiger partial charge in [-0.25, -0.2) is 18.6 Å². The molecule has 0 bridgehead atoms. The van der Waals surface area contributed by atoms with Gasteiger partial charge in [-0.2, -0.15) is 0 Å². The Labute approximate surface area is 105 Å². The van der Waals surface area contributed by atoms with Crippen LogP contribution >= 0.6 is 11.3 Å². The third kappa shape index (κ3) is 2.17. The molecule has 0 saturated heterocycles. The van der Waals surface area contributed by atoms with Crippen LogP contribution in [0.2, 0.25) is 0 Å². The van der Waals surface area contributed by atoms with Crippen LogP contribution in [0.3, 0.4) is 0 Å². The summed E-state index contributed by atoms with van der Waals surface area (Å²) in [6.45, 7) is 0. The molecule has 94 valence electrons. The third-order valence-electron chi connectivity index (χ3n) is 2.22. The Kier molecular flexibility index (Phi) is 3.24. The van der Waals surface area contributed by atoms with Gasteiger partial charge in [0, 0.05) is 12.6 Å². The number of hydrogen-bond acceptors (Lipinski definition) is 4. The molecule has 1 aromatic carbocycles. The van der Waals surface area contributed by atoms with Crippen molar-refractivity contribution in [2.45, 2.75) is 0 Å². The largest absolute Gasteiger partial charge is 0.477 e. The number of thiazole rings is 1. The smallest absolute Gasteiger partial charge is 0.348 e. The highest BCUT2D eigenvalue weighted by Crippen LogP contribution is 2.32. The van der Waals surface area contributed by atoms with Crippen molar-refractivity contribution in [1.82, 2.24) is 4.98 Å². The summed E-state index contributed by atoms with van der Waals surface area (Å²) in [6, 6.07) is 2.83. The molecule has 1 aromatic heterocycles. The maximum Gasteiger partial charge on any atom is 0.348 e. The van der Waals surface area contributed by atoms with E-state index in [1.165, 1.54) is 0 Å². The number of benzene rings is 1. The van der Waals surface area contributed by atoms with E-state index in [2.05, 4.69) is 10.3 Å². The number of halogens is 2. The second-order valence-electron chi connectivity index (χ2n) is 3.38. The van der Waals surface area contributed by atoms with Crippen molar-refractivity contribution >= 4 is 22.4 Å². The Morgan fingerprint density at radius 2 is 2.17 bits per heavy atom. The van der Waals surface area contributed by atoms with Crippen LogP contribution in [0.15, 0.2) is 18.2 Å². The standard InChI is InChI=1S/C11H8F2N2O2S/c1-14-11-15-8(9(18-11)10(16)17)6-4-5(12)2-3-7(6)13/h2-4H,1H3,(H,14,15)(H,16,17). The van der Waals surface area contributed by atoms with E-state index in [0.717, 1.165) is 29.5 Å². The van der Waals surface area contributed by atoms with Gasteiger partial charge in [0.1, 0.15) is 22.2 Å². The van der Waals surface area contributed by atoms with Crippen molar-refractivity contribution in [2.24, 2.45) is 0 Å². The first-order chi connectivity index (χ1) is 8.52. The van der Waals surface area contributed by atoms with E-state index >= 15 is 0 Å². The van der Waals surface area contributed by atoms with Crippen molar-refractivity contribution < 1.29 is 18.7 Å². The number of aromatic nitrogens is 1. The van der Waals surface area contributed by atoms with Crippen molar-refractivity contribution in [2.75, 3.05) is 12.4 Å². The maximum atomic E-state index is 13.6. The fourth-order valence-electron chi connectivity index (χ4n) is 1.43. The number of anilines is 1. The number of hydrogen-bond donors (Lipinski definition) is 2. The van der Waals surface area contributed by atoms with Crippen LogP contribution in [0.4, 0.5) is 13.9 Å². The molecule has 0 fully saturated rings. The molecule has 0 aliphatic heterocycles. The Bertz CT molecular complexity index is 613. The first kappa shape index (κ1) is 12.4. The van der Waals surface area contributed by atoms with Crippen molar-refractivity contribution in [3.8, 4) is 11.3 Å². The normalized spacial score (nSPS) is 10.4. The second-order valence-corrected chi connectivity index (χ2v) is 4.38. The SMILES string of the molecule is CNc1nc(-c2cc(F)ccc2F)c(C(=O)O)s1. The monoisotopic (exact) mass is 270 g/mol. The fourth-order valence-corrected chi connectivity index (χ4v) is 2.21. The predicted octanol–water partition coefficient (Wildman–Crippen LogP) is 2.83. The van der Waals surface area contributed by atoms with E-state index in [-0.39, 0.29) is 16.1 Å². The minimum atomic E-state index is -1.23.